The van der Waals surface area contributed by atoms with E-state index in [9.17, 15) is 9.90 Å². The summed E-state index contributed by atoms with van der Waals surface area (Å²) in [5.41, 5.74) is -0.719. The summed E-state index contributed by atoms with van der Waals surface area (Å²) in [7, 11) is 0. The van der Waals surface area contributed by atoms with Crippen LogP contribution in [0, 0.1) is 11.8 Å². The summed E-state index contributed by atoms with van der Waals surface area (Å²) < 4.78 is 6.21. The molecule has 1 aliphatic carbocycles. The fourth-order valence-electron chi connectivity index (χ4n) is 3.07. The second-order valence-corrected chi connectivity index (χ2v) is 6.19. The molecule has 0 aromatic heterocycles. The Bertz CT molecular complexity index is 570. The Balaban J connectivity index is 2.25. The van der Waals surface area contributed by atoms with E-state index in [-0.39, 0.29) is 12.5 Å². The average molecular weight is 329 g/mol. The molecule has 2 rings (SSSR count). The van der Waals surface area contributed by atoms with Crippen LogP contribution in [0.2, 0.25) is 0 Å². The van der Waals surface area contributed by atoms with E-state index in [1.807, 2.05) is 37.3 Å². The number of carboxylic acids is 1. The lowest BCUT2D eigenvalue weighted by Crippen LogP contribution is -2.42. The molecule has 24 heavy (non-hydrogen) atoms. The normalized spacial score (nSPS) is 17.5. The molecule has 4 nitrogen and oxygen atoms in total. The Hall–Kier alpha value is -1.83. The second-order valence-electron chi connectivity index (χ2n) is 6.19. The van der Waals surface area contributed by atoms with Gasteiger partial charge in [0.25, 0.3) is 0 Å². The molecule has 1 aliphatic rings. The van der Waals surface area contributed by atoms with Crippen molar-refractivity contribution < 1.29 is 14.6 Å². The Morgan fingerprint density at radius 2 is 1.96 bits per heavy atom. The number of nitrogens with one attached hydrogen (secondary N) is 1. The molecule has 1 fully saturated rings. The van der Waals surface area contributed by atoms with Gasteiger partial charge in [-0.1, -0.05) is 68.4 Å². The summed E-state index contributed by atoms with van der Waals surface area (Å²) in [5, 5.41) is 13.1. The lowest BCUT2D eigenvalue weighted by molar-refractivity contribution is -0.178. The molecular weight excluding hydrogens is 302 g/mol. The molecule has 0 bridgehead atoms. The van der Waals surface area contributed by atoms with Crippen LogP contribution in [0.15, 0.2) is 30.3 Å². The second kappa shape index (κ2) is 9.46. The first-order valence-corrected chi connectivity index (χ1v) is 8.82. The summed E-state index contributed by atoms with van der Waals surface area (Å²) in [6.07, 6.45) is 5.40. The average Bonchev–Trinajstić information content (AvgIpc) is 2.62. The van der Waals surface area contributed by atoms with E-state index in [0.29, 0.717) is 12.1 Å². The fourth-order valence-corrected chi connectivity index (χ4v) is 3.07. The molecule has 1 atom stereocenters. The Morgan fingerprint density at radius 1 is 1.25 bits per heavy atom. The summed E-state index contributed by atoms with van der Waals surface area (Å²) in [6, 6.07) is 9.23. The Kier molecular flexibility index (Phi) is 7.30. The van der Waals surface area contributed by atoms with Gasteiger partial charge in [-0.25, -0.2) is 4.79 Å². The maximum Gasteiger partial charge on any atom is 0.341 e. The fraction of sp³-hybridized carbons (Fsp3) is 0.550. The van der Waals surface area contributed by atoms with Gasteiger partial charge in [-0.3, -0.25) is 0 Å². The van der Waals surface area contributed by atoms with E-state index in [2.05, 4.69) is 17.2 Å². The van der Waals surface area contributed by atoms with Gasteiger partial charge < -0.3 is 15.2 Å². The minimum atomic E-state index is -1.39. The van der Waals surface area contributed by atoms with E-state index >= 15 is 0 Å². The first kappa shape index (κ1) is 18.5. The molecule has 1 saturated carbocycles. The Morgan fingerprint density at radius 3 is 2.58 bits per heavy atom. The lowest BCUT2D eigenvalue weighted by Gasteiger charge is -2.34. The van der Waals surface area contributed by atoms with Crippen molar-refractivity contribution in [2.75, 3.05) is 13.1 Å². The molecule has 4 heteroatoms. The summed E-state index contributed by atoms with van der Waals surface area (Å²) in [5.74, 6) is 5.05. The summed E-state index contributed by atoms with van der Waals surface area (Å²) in [6.45, 7) is 3.42. The number of carboxylic acid groups (broad SMARTS) is 1. The highest BCUT2D eigenvalue weighted by atomic mass is 16.5. The van der Waals surface area contributed by atoms with Gasteiger partial charge in [-0.2, -0.15) is 0 Å². The minimum Gasteiger partial charge on any atom is -0.479 e. The van der Waals surface area contributed by atoms with E-state index in [1.165, 1.54) is 6.42 Å². The zero-order valence-electron chi connectivity index (χ0n) is 14.4. The van der Waals surface area contributed by atoms with Crippen molar-refractivity contribution in [3.63, 3.8) is 0 Å². The van der Waals surface area contributed by atoms with E-state index in [1.54, 1.807) is 0 Å². The molecule has 0 amide bonds. The highest BCUT2D eigenvalue weighted by molar-refractivity contribution is 5.80. The molecule has 0 saturated heterocycles. The third-order valence-electron chi connectivity index (χ3n) is 4.43. The van der Waals surface area contributed by atoms with Gasteiger partial charge in [0.15, 0.2) is 0 Å². The third kappa shape index (κ3) is 4.83. The van der Waals surface area contributed by atoms with Crippen LogP contribution in [0.5, 0.6) is 0 Å². The van der Waals surface area contributed by atoms with Crippen molar-refractivity contribution in [3.8, 4) is 11.8 Å². The highest BCUT2D eigenvalue weighted by Gasteiger charge is 2.43. The van der Waals surface area contributed by atoms with Crippen molar-refractivity contribution in [3.05, 3.63) is 35.9 Å². The van der Waals surface area contributed by atoms with E-state index in [4.69, 9.17) is 4.74 Å². The van der Waals surface area contributed by atoms with Gasteiger partial charge in [0.2, 0.25) is 5.60 Å². The zero-order valence-corrected chi connectivity index (χ0v) is 14.4. The van der Waals surface area contributed by atoms with Gasteiger partial charge in [-0.05, 0) is 24.9 Å². The molecule has 2 N–H and O–H groups in total. The quantitative estimate of drug-likeness (QED) is 0.595. The highest BCUT2D eigenvalue weighted by Crippen LogP contribution is 2.35. The first-order valence-electron chi connectivity index (χ1n) is 8.82. The summed E-state index contributed by atoms with van der Waals surface area (Å²) >= 11 is 0. The van der Waals surface area contributed by atoms with Crippen LogP contribution in [0.25, 0.3) is 0 Å². The van der Waals surface area contributed by atoms with Crippen LogP contribution in [-0.2, 0) is 15.1 Å². The molecule has 0 spiro atoms. The first-order chi connectivity index (χ1) is 11.7. The van der Waals surface area contributed by atoms with Crippen molar-refractivity contribution in [1.82, 2.24) is 5.32 Å². The largest absolute Gasteiger partial charge is 0.479 e. The lowest BCUT2D eigenvalue weighted by atomic mass is 9.88. The molecule has 1 aromatic carbocycles. The van der Waals surface area contributed by atoms with Crippen LogP contribution in [0.4, 0.5) is 0 Å². The SMILES string of the molecule is CCNCC#CC[C@@](OC1CCCCC1)(C(=O)O)c1ccccc1. The smallest absolute Gasteiger partial charge is 0.341 e. The van der Waals surface area contributed by atoms with Gasteiger partial charge in [0, 0.05) is 0 Å². The number of aliphatic carboxylic acids is 1. The molecule has 0 aliphatic heterocycles. The maximum atomic E-state index is 12.2. The molecule has 0 heterocycles. The monoisotopic (exact) mass is 329 g/mol. The number of ether oxygens (including phenoxy) is 1. The topological polar surface area (TPSA) is 58.6 Å². The van der Waals surface area contributed by atoms with E-state index < -0.39 is 11.6 Å². The molecule has 1 aromatic rings. The van der Waals surface area contributed by atoms with Gasteiger partial charge in [-0.15, -0.1) is 0 Å². The zero-order chi connectivity index (χ0) is 17.3. The molecule has 0 unspecified atom stereocenters. The predicted octanol–water partition coefficient (Wildman–Crippen LogP) is 3.32. The van der Waals surface area contributed by atoms with Crippen molar-refractivity contribution in [1.29, 1.82) is 0 Å². The van der Waals surface area contributed by atoms with Crippen molar-refractivity contribution in [2.45, 2.75) is 57.2 Å². The third-order valence-corrected chi connectivity index (χ3v) is 4.43. The molecule has 0 radical (unpaired) electrons. The molecule has 130 valence electrons. The molecular formula is C20H27NO3. The van der Waals surface area contributed by atoms with Crippen LogP contribution in [-0.4, -0.2) is 30.3 Å². The number of hydrogen-bond donors (Lipinski definition) is 2. The van der Waals surface area contributed by atoms with Crippen molar-refractivity contribution in [2.24, 2.45) is 0 Å². The Labute approximate surface area is 144 Å². The van der Waals surface area contributed by atoms with Crippen LogP contribution < -0.4 is 5.32 Å². The number of hydrogen-bond acceptors (Lipinski definition) is 3. The van der Waals surface area contributed by atoms with E-state index in [0.717, 1.165) is 32.2 Å². The van der Waals surface area contributed by atoms with Gasteiger partial charge in [0.05, 0.1) is 19.1 Å². The summed E-state index contributed by atoms with van der Waals surface area (Å²) in [4.78, 5) is 12.2. The van der Waals surface area contributed by atoms with Crippen LogP contribution in [0.1, 0.15) is 51.0 Å². The van der Waals surface area contributed by atoms with Gasteiger partial charge in [0.1, 0.15) is 0 Å². The van der Waals surface area contributed by atoms with Crippen LogP contribution in [0.3, 0.4) is 0 Å². The number of rotatable bonds is 7. The maximum absolute atomic E-state index is 12.2. The number of carbonyl (C=O) groups is 1. The standard InChI is InChI=1S/C20H27NO3/c1-2-21-16-10-9-15-20(19(22)23,17-11-5-3-6-12-17)24-18-13-7-4-8-14-18/h3,5-6,11-12,18,21H,2,4,7-8,13-16H2,1H3,(H,22,23)/t20-/m0/s1. The van der Waals surface area contributed by atoms with Gasteiger partial charge >= 0.3 is 5.97 Å². The van der Waals surface area contributed by atoms with Crippen LogP contribution >= 0.6 is 0 Å². The predicted molar refractivity (Wildman–Crippen MR) is 94.7 cm³/mol. The minimum absolute atomic E-state index is 0.00868. The van der Waals surface area contributed by atoms with Crippen molar-refractivity contribution >= 4 is 5.97 Å². The number of benzene rings is 1.